The van der Waals surface area contributed by atoms with Crippen molar-refractivity contribution in [3.8, 4) is 11.5 Å². The van der Waals surface area contributed by atoms with Crippen molar-refractivity contribution in [1.82, 2.24) is 15.2 Å². The first-order valence-electron chi connectivity index (χ1n) is 8.24. The Morgan fingerprint density at radius 2 is 1.88 bits per heavy atom. The second-order valence-electron chi connectivity index (χ2n) is 6.12. The van der Waals surface area contributed by atoms with Crippen molar-refractivity contribution in [3.63, 3.8) is 0 Å². The van der Waals surface area contributed by atoms with Gasteiger partial charge in [0.15, 0.2) is 5.82 Å². The monoisotopic (exact) mass is 363 g/mol. The zero-order chi connectivity index (χ0) is 17.8. The first-order chi connectivity index (χ1) is 12.1. The molecule has 0 spiro atoms. The van der Waals surface area contributed by atoms with E-state index < -0.39 is 0 Å². The van der Waals surface area contributed by atoms with E-state index in [1.54, 1.807) is 32.5 Å². The summed E-state index contributed by atoms with van der Waals surface area (Å²) in [5.41, 5.74) is 0.697. The standard InChI is InChI=1S/C17H22ClN5O2/c1-11-4-6-23(7-5-11)17-21-16(10-19-22-17)20-13-9-14(24-2)12(18)8-15(13)25-3/h8-11H,4-7H2,1-3H3,(H,20,21,22). The van der Waals surface area contributed by atoms with Crippen molar-refractivity contribution in [1.29, 1.82) is 0 Å². The highest BCUT2D eigenvalue weighted by Gasteiger charge is 2.19. The Balaban J connectivity index is 1.83. The predicted molar refractivity (Wildman–Crippen MR) is 98.3 cm³/mol. The van der Waals surface area contributed by atoms with E-state index in [9.17, 15) is 0 Å². The highest BCUT2D eigenvalue weighted by Crippen LogP contribution is 2.37. The summed E-state index contributed by atoms with van der Waals surface area (Å²) in [5, 5.41) is 11.9. The molecule has 0 unspecified atom stereocenters. The van der Waals surface area contributed by atoms with Crippen LogP contribution in [0.1, 0.15) is 19.8 Å². The number of ether oxygens (including phenoxy) is 2. The summed E-state index contributed by atoms with van der Waals surface area (Å²) < 4.78 is 10.6. The average molecular weight is 364 g/mol. The van der Waals surface area contributed by atoms with Crippen LogP contribution in [0.2, 0.25) is 5.02 Å². The Morgan fingerprint density at radius 1 is 1.16 bits per heavy atom. The lowest BCUT2D eigenvalue weighted by Crippen LogP contribution is -2.34. The minimum absolute atomic E-state index is 0.480. The lowest BCUT2D eigenvalue weighted by molar-refractivity contribution is 0.405. The SMILES string of the molecule is COc1cc(Nc2cnnc(N3CCC(C)CC3)n2)c(OC)cc1Cl. The Labute approximate surface area is 152 Å². The second kappa shape index (κ2) is 7.74. The molecular formula is C17H22ClN5O2. The van der Waals surface area contributed by atoms with Crippen LogP contribution in [-0.4, -0.2) is 42.5 Å². The minimum atomic E-state index is 0.480. The molecule has 0 saturated carbocycles. The van der Waals surface area contributed by atoms with Crippen molar-refractivity contribution in [2.24, 2.45) is 5.92 Å². The van der Waals surface area contributed by atoms with E-state index in [4.69, 9.17) is 21.1 Å². The number of nitrogens with zero attached hydrogens (tertiary/aromatic N) is 4. The van der Waals surface area contributed by atoms with Gasteiger partial charge in [0.25, 0.3) is 0 Å². The predicted octanol–water partition coefficient (Wildman–Crippen LogP) is 3.52. The summed E-state index contributed by atoms with van der Waals surface area (Å²) in [7, 11) is 3.15. The molecule has 1 saturated heterocycles. The van der Waals surface area contributed by atoms with E-state index in [1.807, 2.05) is 0 Å². The first kappa shape index (κ1) is 17.5. The lowest BCUT2D eigenvalue weighted by atomic mass is 10.00. The van der Waals surface area contributed by atoms with E-state index in [0.29, 0.717) is 34.0 Å². The Kier molecular flexibility index (Phi) is 5.43. The maximum Gasteiger partial charge on any atom is 0.247 e. The molecule has 0 aliphatic carbocycles. The van der Waals surface area contributed by atoms with Gasteiger partial charge >= 0.3 is 0 Å². The minimum Gasteiger partial charge on any atom is -0.495 e. The smallest absolute Gasteiger partial charge is 0.247 e. The van der Waals surface area contributed by atoms with Crippen molar-refractivity contribution in [2.75, 3.05) is 37.5 Å². The number of nitrogens with one attached hydrogen (secondary N) is 1. The third kappa shape index (κ3) is 4.04. The molecule has 2 aromatic rings. The van der Waals surface area contributed by atoms with Crippen LogP contribution in [0.5, 0.6) is 11.5 Å². The second-order valence-corrected chi connectivity index (χ2v) is 6.53. The molecule has 1 fully saturated rings. The molecule has 134 valence electrons. The van der Waals surface area contributed by atoms with Gasteiger partial charge in [0.05, 0.1) is 31.1 Å². The van der Waals surface area contributed by atoms with E-state index in [-0.39, 0.29) is 0 Å². The van der Waals surface area contributed by atoms with Crippen LogP contribution in [0.15, 0.2) is 18.3 Å². The number of benzene rings is 1. The highest BCUT2D eigenvalue weighted by molar-refractivity contribution is 6.32. The van der Waals surface area contributed by atoms with Gasteiger partial charge in [-0.15, -0.1) is 5.10 Å². The van der Waals surface area contributed by atoms with Crippen LogP contribution in [0.3, 0.4) is 0 Å². The van der Waals surface area contributed by atoms with Gasteiger partial charge in [-0.05, 0) is 18.8 Å². The topological polar surface area (TPSA) is 72.4 Å². The number of rotatable bonds is 5. The largest absolute Gasteiger partial charge is 0.495 e. The van der Waals surface area contributed by atoms with Gasteiger partial charge < -0.3 is 19.7 Å². The molecule has 2 heterocycles. The molecule has 1 aliphatic heterocycles. The molecular weight excluding hydrogens is 342 g/mol. The van der Waals surface area contributed by atoms with E-state index in [1.165, 1.54) is 0 Å². The molecule has 1 aromatic carbocycles. The van der Waals surface area contributed by atoms with E-state index >= 15 is 0 Å². The number of anilines is 3. The van der Waals surface area contributed by atoms with Crippen LogP contribution < -0.4 is 19.7 Å². The van der Waals surface area contributed by atoms with Gasteiger partial charge in [-0.3, -0.25) is 0 Å². The molecule has 7 nitrogen and oxygen atoms in total. The van der Waals surface area contributed by atoms with Gasteiger partial charge in [-0.25, -0.2) is 0 Å². The van der Waals surface area contributed by atoms with Crippen molar-refractivity contribution < 1.29 is 9.47 Å². The van der Waals surface area contributed by atoms with Crippen molar-refractivity contribution in [3.05, 3.63) is 23.4 Å². The molecule has 0 atom stereocenters. The molecule has 0 bridgehead atoms. The highest BCUT2D eigenvalue weighted by atomic mass is 35.5. The quantitative estimate of drug-likeness (QED) is 0.871. The summed E-state index contributed by atoms with van der Waals surface area (Å²) in [6.07, 6.45) is 3.86. The van der Waals surface area contributed by atoms with Gasteiger partial charge in [-0.1, -0.05) is 18.5 Å². The summed E-state index contributed by atoms with van der Waals surface area (Å²) in [6.45, 7) is 4.17. The fourth-order valence-electron chi connectivity index (χ4n) is 2.79. The van der Waals surface area contributed by atoms with Gasteiger partial charge in [-0.2, -0.15) is 10.1 Å². The zero-order valence-corrected chi connectivity index (χ0v) is 15.4. The molecule has 8 heteroatoms. The van der Waals surface area contributed by atoms with Crippen LogP contribution in [0, 0.1) is 5.92 Å². The summed E-state index contributed by atoms with van der Waals surface area (Å²) in [5.74, 6) is 3.12. The average Bonchev–Trinajstić information content (AvgIpc) is 2.63. The Morgan fingerprint density at radius 3 is 2.56 bits per heavy atom. The summed E-state index contributed by atoms with van der Waals surface area (Å²) in [4.78, 5) is 6.75. The first-order valence-corrected chi connectivity index (χ1v) is 8.61. The third-order valence-electron chi connectivity index (χ3n) is 4.35. The summed E-state index contributed by atoms with van der Waals surface area (Å²) >= 11 is 6.14. The van der Waals surface area contributed by atoms with E-state index in [2.05, 4.69) is 32.3 Å². The van der Waals surface area contributed by atoms with Crippen LogP contribution in [0.4, 0.5) is 17.5 Å². The number of hydrogen-bond acceptors (Lipinski definition) is 7. The molecule has 0 radical (unpaired) electrons. The fraction of sp³-hybridized carbons (Fsp3) is 0.471. The van der Waals surface area contributed by atoms with Gasteiger partial charge in [0.2, 0.25) is 5.95 Å². The molecule has 0 amide bonds. The maximum absolute atomic E-state index is 6.14. The van der Waals surface area contributed by atoms with Gasteiger partial charge in [0.1, 0.15) is 11.5 Å². The molecule has 1 N–H and O–H groups in total. The summed E-state index contributed by atoms with van der Waals surface area (Å²) in [6, 6.07) is 3.47. The molecule has 3 rings (SSSR count). The number of methoxy groups -OCH3 is 2. The van der Waals surface area contributed by atoms with Crippen molar-refractivity contribution >= 4 is 29.1 Å². The zero-order valence-electron chi connectivity index (χ0n) is 14.6. The molecule has 25 heavy (non-hydrogen) atoms. The van der Waals surface area contributed by atoms with Crippen molar-refractivity contribution in [2.45, 2.75) is 19.8 Å². The normalized spacial score (nSPS) is 15.1. The van der Waals surface area contributed by atoms with Crippen LogP contribution in [0.25, 0.3) is 0 Å². The Hall–Kier alpha value is -2.28. The van der Waals surface area contributed by atoms with Gasteiger partial charge in [0, 0.05) is 25.2 Å². The molecule has 1 aliphatic rings. The Bertz CT molecular complexity index is 735. The molecule has 1 aromatic heterocycles. The van der Waals surface area contributed by atoms with E-state index in [0.717, 1.165) is 31.8 Å². The lowest BCUT2D eigenvalue weighted by Gasteiger charge is -2.29. The number of piperidine rings is 1. The van der Waals surface area contributed by atoms with Crippen LogP contribution in [-0.2, 0) is 0 Å². The van der Waals surface area contributed by atoms with Crippen LogP contribution >= 0.6 is 11.6 Å². The number of halogens is 1. The third-order valence-corrected chi connectivity index (χ3v) is 4.65. The maximum atomic E-state index is 6.14. The number of aromatic nitrogens is 3. The number of hydrogen-bond donors (Lipinski definition) is 1. The fourth-order valence-corrected chi connectivity index (χ4v) is 3.02.